The largest absolute Gasteiger partial charge is 0.353 e. The summed E-state index contributed by atoms with van der Waals surface area (Å²) in [6.07, 6.45) is 2.02. The first-order valence-electron chi connectivity index (χ1n) is 4.19. The first kappa shape index (κ1) is 8.53. The Morgan fingerprint density at radius 2 is 2.23 bits per heavy atom. The Hall–Kier alpha value is -1.06. The van der Waals surface area contributed by atoms with Gasteiger partial charge in [0.1, 0.15) is 0 Å². The summed E-state index contributed by atoms with van der Waals surface area (Å²) in [4.78, 5) is 1.21. The molecule has 0 amide bonds. The minimum Gasteiger partial charge on any atom is -0.353 e. The molecule has 0 unspecified atom stereocenters. The van der Waals surface area contributed by atoms with Gasteiger partial charge in [-0.05, 0) is 23.6 Å². The number of aromatic nitrogens is 1. The van der Waals surface area contributed by atoms with Crippen LogP contribution < -0.4 is 5.73 Å². The fraction of sp³-hybridized carbons (Fsp3) is 0.200. The lowest BCUT2D eigenvalue weighted by Crippen LogP contribution is -2.13. The highest BCUT2D eigenvalue weighted by Crippen LogP contribution is 2.23. The summed E-state index contributed by atoms with van der Waals surface area (Å²) in [7, 11) is 2.02. The highest BCUT2D eigenvalue weighted by atomic mass is 32.1. The molecule has 0 fully saturated rings. The third-order valence-electron chi connectivity index (χ3n) is 2.15. The van der Waals surface area contributed by atoms with Crippen molar-refractivity contribution in [1.29, 1.82) is 0 Å². The molecule has 2 aromatic heterocycles. The van der Waals surface area contributed by atoms with Gasteiger partial charge in [0.15, 0.2) is 0 Å². The smallest absolute Gasteiger partial charge is 0.0799 e. The van der Waals surface area contributed by atoms with E-state index in [2.05, 4.69) is 22.1 Å². The average Bonchev–Trinajstić information content (AvgIpc) is 2.72. The van der Waals surface area contributed by atoms with Crippen LogP contribution in [-0.2, 0) is 7.05 Å². The monoisotopic (exact) mass is 192 g/mol. The topological polar surface area (TPSA) is 30.9 Å². The van der Waals surface area contributed by atoms with Crippen LogP contribution in [0.4, 0.5) is 0 Å². The van der Waals surface area contributed by atoms with Crippen LogP contribution >= 0.6 is 11.3 Å². The molecular formula is C10H12N2S. The molecule has 0 aliphatic rings. The third kappa shape index (κ3) is 1.53. The van der Waals surface area contributed by atoms with Gasteiger partial charge in [-0.25, -0.2) is 0 Å². The lowest BCUT2D eigenvalue weighted by molar-refractivity contribution is 0.756. The van der Waals surface area contributed by atoms with Gasteiger partial charge in [-0.15, -0.1) is 11.3 Å². The molecule has 2 nitrogen and oxygen atoms in total. The van der Waals surface area contributed by atoms with Crippen molar-refractivity contribution in [2.75, 3.05) is 0 Å². The molecule has 0 bridgehead atoms. The Bertz CT molecular complexity index is 375. The molecule has 0 aromatic carbocycles. The van der Waals surface area contributed by atoms with Crippen LogP contribution in [0.5, 0.6) is 0 Å². The molecule has 2 heterocycles. The molecule has 1 atom stereocenters. The van der Waals surface area contributed by atoms with Crippen molar-refractivity contribution in [1.82, 2.24) is 4.57 Å². The van der Waals surface area contributed by atoms with Crippen molar-refractivity contribution >= 4 is 11.3 Å². The number of hydrogen-bond donors (Lipinski definition) is 1. The van der Waals surface area contributed by atoms with Crippen LogP contribution in [0.25, 0.3) is 0 Å². The Morgan fingerprint density at radius 3 is 2.77 bits per heavy atom. The molecule has 13 heavy (non-hydrogen) atoms. The molecule has 2 aromatic rings. The number of hydrogen-bond acceptors (Lipinski definition) is 2. The molecule has 0 aliphatic carbocycles. The zero-order valence-corrected chi connectivity index (χ0v) is 8.29. The fourth-order valence-electron chi connectivity index (χ4n) is 1.41. The van der Waals surface area contributed by atoms with E-state index in [0.29, 0.717) is 0 Å². The van der Waals surface area contributed by atoms with E-state index >= 15 is 0 Å². The van der Waals surface area contributed by atoms with Crippen LogP contribution in [0, 0.1) is 0 Å². The Balaban J connectivity index is 2.33. The average molecular weight is 192 g/mol. The van der Waals surface area contributed by atoms with E-state index < -0.39 is 0 Å². The van der Waals surface area contributed by atoms with Crippen molar-refractivity contribution in [3.8, 4) is 0 Å². The molecule has 0 radical (unpaired) electrons. The highest BCUT2D eigenvalue weighted by Gasteiger charge is 2.11. The zero-order chi connectivity index (χ0) is 9.26. The molecule has 2 rings (SSSR count). The molecule has 3 heteroatoms. The highest BCUT2D eigenvalue weighted by molar-refractivity contribution is 7.10. The van der Waals surface area contributed by atoms with E-state index in [-0.39, 0.29) is 6.04 Å². The van der Waals surface area contributed by atoms with Crippen molar-refractivity contribution in [3.63, 3.8) is 0 Å². The van der Waals surface area contributed by atoms with Gasteiger partial charge in [-0.1, -0.05) is 6.07 Å². The van der Waals surface area contributed by atoms with Crippen LogP contribution in [0.15, 0.2) is 35.8 Å². The molecule has 0 saturated heterocycles. The standard InChI is InChI=1S/C10H12N2S/c1-12-6-2-4-8(12)10(11)9-5-3-7-13-9/h2-7,10H,11H2,1H3/t10-/m0/s1. The second-order valence-electron chi connectivity index (χ2n) is 3.04. The predicted molar refractivity (Wildman–Crippen MR) is 55.8 cm³/mol. The van der Waals surface area contributed by atoms with Crippen LogP contribution in [0.3, 0.4) is 0 Å². The van der Waals surface area contributed by atoms with Gasteiger partial charge in [0, 0.05) is 23.8 Å². The summed E-state index contributed by atoms with van der Waals surface area (Å²) in [5.74, 6) is 0. The summed E-state index contributed by atoms with van der Waals surface area (Å²) in [6, 6.07) is 8.19. The molecule has 0 aliphatic heterocycles. The fourth-order valence-corrected chi connectivity index (χ4v) is 2.15. The van der Waals surface area contributed by atoms with E-state index in [1.807, 2.05) is 25.4 Å². The third-order valence-corrected chi connectivity index (χ3v) is 3.11. The van der Waals surface area contributed by atoms with Crippen LogP contribution in [0.2, 0.25) is 0 Å². The lowest BCUT2D eigenvalue weighted by Gasteiger charge is -2.10. The number of aryl methyl sites for hydroxylation is 1. The van der Waals surface area contributed by atoms with Crippen molar-refractivity contribution in [2.45, 2.75) is 6.04 Å². The van der Waals surface area contributed by atoms with Crippen molar-refractivity contribution in [2.24, 2.45) is 12.8 Å². The zero-order valence-electron chi connectivity index (χ0n) is 7.47. The molecular weight excluding hydrogens is 180 g/mol. The molecule has 2 N–H and O–H groups in total. The molecule has 0 saturated carbocycles. The van der Waals surface area contributed by atoms with Gasteiger partial charge in [-0.3, -0.25) is 0 Å². The number of rotatable bonds is 2. The van der Waals surface area contributed by atoms with E-state index in [1.165, 1.54) is 4.88 Å². The number of thiophene rings is 1. The normalized spacial score (nSPS) is 13.1. The van der Waals surface area contributed by atoms with Crippen molar-refractivity contribution < 1.29 is 0 Å². The quantitative estimate of drug-likeness (QED) is 0.776. The second kappa shape index (κ2) is 3.36. The maximum atomic E-state index is 6.10. The van der Waals surface area contributed by atoms with Crippen LogP contribution in [-0.4, -0.2) is 4.57 Å². The van der Waals surface area contributed by atoms with E-state index in [4.69, 9.17) is 5.73 Å². The van der Waals surface area contributed by atoms with E-state index in [0.717, 1.165) is 5.69 Å². The summed E-state index contributed by atoms with van der Waals surface area (Å²) in [6.45, 7) is 0. The second-order valence-corrected chi connectivity index (χ2v) is 4.02. The van der Waals surface area contributed by atoms with Gasteiger partial charge in [-0.2, -0.15) is 0 Å². The van der Waals surface area contributed by atoms with Gasteiger partial charge >= 0.3 is 0 Å². The first-order valence-corrected chi connectivity index (χ1v) is 5.07. The van der Waals surface area contributed by atoms with Gasteiger partial charge in [0.05, 0.1) is 6.04 Å². The van der Waals surface area contributed by atoms with Gasteiger partial charge in [0.25, 0.3) is 0 Å². The Morgan fingerprint density at radius 1 is 1.38 bits per heavy atom. The summed E-state index contributed by atoms with van der Waals surface area (Å²) in [5.41, 5.74) is 7.25. The Kier molecular flexibility index (Phi) is 2.20. The van der Waals surface area contributed by atoms with Gasteiger partial charge < -0.3 is 10.3 Å². The van der Waals surface area contributed by atoms with Crippen molar-refractivity contribution in [3.05, 3.63) is 46.4 Å². The number of nitrogens with two attached hydrogens (primary N) is 1. The summed E-state index contributed by atoms with van der Waals surface area (Å²) >= 11 is 1.70. The van der Waals surface area contributed by atoms with E-state index in [1.54, 1.807) is 11.3 Å². The summed E-state index contributed by atoms with van der Waals surface area (Å²) < 4.78 is 2.06. The molecule has 0 spiro atoms. The predicted octanol–water partition coefficient (Wildman–Crippen LogP) is 2.13. The lowest BCUT2D eigenvalue weighted by atomic mass is 10.2. The SMILES string of the molecule is Cn1cccc1[C@H](N)c1cccs1. The summed E-state index contributed by atoms with van der Waals surface area (Å²) in [5, 5.41) is 2.05. The maximum absolute atomic E-state index is 6.10. The van der Waals surface area contributed by atoms with Gasteiger partial charge in [0.2, 0.25) is 0 Å². The Labute approximate surface area is 81.6 Å². The first-order chi connectivity index (χ1) is 6.29. The maximum Gasteiger partial charge on any atom is 0.0799 e. The number of nitrogens with zero attached hydrogens (tertiary/aromatic N) is 1. The van der Waals surface area contributed by atoms with E-state index in [9.17, 15) is 0 Å². The molecule has 68 valence electrons. The minimum atomic E-state index is 0.0139. The van der Waals surface area contributed by atoms with Crippen LogP contribution in [0.1, 0.15) is 16.6 Å². The minimum absolute atomic E-state index is 0.0139.